The summed E-state index contributed by atoms with van der Waals surface area (Å²) in [6, 6.07) is 4.98. The summed E-state index contributed by atoms with van der Waals surface area (Å²) < 4.78 is 26.9. The maximum atomic E-state index is 13.7. The van der Waals surface area contributed by atoms with Crippen LogP contribution in [-0.4, -0.2) is 6.04 Å². The minimum Gasteiger partial charge on any atom is -0.307 e. The fraction of sp³-hybridized carbons (Fsp3) is 0.571. The average molecular weight is 237 g/mol. The summed E-state index contributed by atoms with van der Waals surface area (Å²) in [6.45, 7) is 0. The van der Waals surface area contributed by atoms with E-state index < -0.39 is 11.6 Å². The Morgan fingerprint density at radius 3 is 2.82 bits per heavy atom. The molecular weight excluding hydrogens is 220 g/mol. The summed E-state index contributed by atoms with van der Waals surface area (Å²) in [5, 5.41) is 3.49. The molecule has 1 nitrogen and oxygen atoms in total. The molecule has 3 unspecified atom stereocenters. The maximum Gasteiger partial charge on any atom is 0.163 e. The number of rotatable bonds is 1. The molecule has 1 N–H and O–H groups in total. The number of nitrogens with one attached hydrogen (secondary N) is 1. The second kappa shape index (κ2) is 4.37. The number of halogens is 2. The second-order valence-corrected chi connectivity index (χ2v) is 5.24. The SMILES string of the molecule is Fc1cccc(C2CCC3CCCC3N2)c1F. The van der Waals surface area contributed by atoms with Crippen LogP contribution in [0.15, 0.2) is 18.2 Å². The van der Waals surface area contributed by atoms with E-state index in [0.717, 1.165) is 18.8 Å². The Balaban J connectivity index is 1.82. The van der Waals surface area contributed by atoms with Crippen LogP contribution >= 0.6 is 0 Å². The highest BCUT2D eigenvalue weighted by molar-refractivity contribution is 5.23. The van der Waals surface area contributed by atoms with Crippen molar-refractivity contribution in [3.63, 3.8) is 0 Å². The first kappa shape index (κ1) is 11.1. The van der Waals surface area contributed by atoms with Gasteiger partial charge in [0, 0.05) is 17.6 Å². The molecule has 92 valence electrons. The van der Waals surface area contributed by atoms with E-state index in [0.29, 0.717) is 11.6 Å². The highest BCUT2D eigenvalue weighted by Gasteiger charge is 2.34. The quantitative estimate of drug-likeness (QED) is 0.787. The average Bonchev–Trinajstić information content (AvgIpc) is 2.79. The molecule has 1 aliphatic carbocycles. The third-order valence-corrected chi connectivity index (χ3v) is 4.26. The van der Waals surface area contributed by atoms with E-state index in [-0.39, 0.29) is 6.04 Å². The summed E-state index contributed by atoms with van der Waals surface area (Å²) in [6.07, 6.45) is 5.79. The highest BCUT2D eigenvalue weighted by Crippen LogP contribution is 2.38. The molecule has 0 radical (unpaired) electrons. The third kappa shape index (κ3) is 1.97. The molecule has 3 rings (SSSR count). The van der Waals surface area contributed by atoms with Crippen molar-refractivity contribution < 1.29 is 8.78 Å². The molecule has 1 saturated heterocycles. The van der Waals surface area contributed by atoms with Crippen LogP contribution in [0.1, 0.15) is 43.7 Å². The van der Waals surface area contributed by atoms with E-state index >= 15 is 0 Å². The van der Waals surface area contributed by atoms with Gasteiger partial charge in [0.15, 0.2) is 11.6 Å². The standard InChI is InChI=1S/C14H17F2N/c15-11-5-2-4-10(14(11)16)13-8-7-9-3-1-6-12(9)17-13/h2,4-5,9,12-13,17H,1,3,6-8H2. The predicted octanol–water partition coefficient (Wildman–Crippen LogP) is 3.56. The van der Waals surface area contributed by atoms with E-state index in [4.69, 9.17) is 0 Å². The van der Waals surface area contributed by atoms with Gasteiger partial charge in [-0.1, -0.05) is 18.6 Å². The molecular formula is C14H17F2N. The van der Waals surface area contributed by atoms with Gasteiger partial charge in [-0.15, -0.1) is 0 Å². The lowest BCUT2D eigenvalue weighted by Crippen LogP contribution is -2.40. The monoisotopic (exact) mass is 237 g/mol. The van der Waals surface area contributed by atoms with Crippen molar-refractivity contribution in [2.45, 2.75) is 44.2 Å². The molecule has 3 heteroatoms. The molecule has 1 saturated carbocycles. The molecule has 0 spiro atoms. The van der Waals surface area contributed by atoms with E-state index in [9.17, 15) is 8.78 Å². The maximum absolute atomic E-state index is 13.7. The Morgan fingerprint density at radius 2 is 1.94 bits per heavy atom. The van der Waals surface area contributed by atoms with Crippen molar-refractivity contribution in [1.29, 1.82) is 0 Å². The molecule has 2 fully saturated rings. The Bertz CT molecular complexity index is 419. The van der Waals surface area contributed by atoms with Crippen LogP contribution in [0.3, 0.4) is 0 Å². The lowest BCUT2D eigenvalue weighted by Gasteiger charge is -2.34. The molecule has 1 aliphatic heterocycles. The van der Waals surface area contributed by atoms with Crippen LogP contribution in [0.2, 0.25) is 0 Å². The van der Waals surface area contributed by atoms with Crippen LogP contribution in [-0.2, 0) is 0 Å². The highest BCUT2D eigenvalue weighted by atomic mass is 19.2. The van der Waals surface area contributed by atoms with Crippen LogP contribution < -0.4 is 5.32 Å². The number of piperidine rings is 1. The van der Waals surface area contributed by atoms with Gasteiger partial charge < -0.3 is 5.32 Å². The minimum absolute atomic E-state index is 0.00921. The lowest BCUT2D eigenvalue weighted by molar-refractivity contribution is 0.256. The Kier molecular flexibility index (Phi) is 2.87. The molecule has 1 aromatic carbocycles. The number of hydrogen-bond acceptors (Lipinski definition) is 1. The molecule has 1 heterocycles. The zero-order valence-corrected chi connectivity index (χ0v) is 9.76. The summed E-state index contributed by atoms with van der Waals surface area (Å²) in [5.74, 6) is -0.665. The Morgan fingerprint density at radius 1 is 1.06 bits per heavy atom. The second-order valence-electron chi connectivity index (χ2n) is 5.24. The molecule has 3 atom stereocenters. The summed E-state index contributed by atoms with van der Waals surface area (Å²) in [5.41, 5.74) is 0.496. The summed E-state index contributed by atoms with van der Waals surface area (Å²) >= 11 is 0. The van der Waals surface area contributed by atoms with E-state index in [1.54, 1.807) is 12.1 Å². The summed E-state index contributed by atoms with van der Waals surface area (Å²) in [4.78, 5) is 0. The number of fused-ring (bicyclic) bond motifs is 1. The smallest absolute Gasteiger partial charge is 0.163 e. The number of hydrogen-bond donors (Lipinski definition) is 1. The van der Waals surface area contributed by atoms with Crippen molar-refractivity contribution in [3.8, 4) is 0 Å². The van der Waals surface area contributed by atoms with E-state index in [2.05, 4.69) is 5.32 Å². The molecule has 0 bridgehead atoms. The Hall–Kier alpha value is -0.960. The van der Waals surface area contributed by atoms with Crippen molar-refractivity contribution in [2.75, 3.05) is 0 Å². The fourth-order valence-electron chi connectivity index (χ4n) is 3.36. The van der Waals surface area contributed by atoms with Gasteiger partial charge in [0.05, 0.1) is 0 Å². The van der Waals surface area contributed by atoms with Gasteiger partial charge in [0.25, 0.3) is 0 Å². The molecule has 0 aromatic heterocycles. The van der Waals surface area contributed by atoms with Crippen LogP contribution in [0.5, 0.6) is 0 Å². The van der Waals surface area contributed by atoms with Gasteiger partial charge in [-0.05, 0) is 37.7 Å². The van der Waals surface area contributed by atoms with E-state index in [1.807, 2.05) is 0 Å². The van der Waals surface area contributed by atoms with Crippen LogP contribution in [0.4, 0.5) is 8.78 Å². The normalized spacial score (nSPS) is 32.5. The van der Waals surface area contributed by atoms with Gasteiger partial charge in [-0.25, -0.2) is 8.78 Å². The third-order valence-electron chi connectivity index (χ3n) is 4.26. The van der Waals surface area contributed by atoms with Crippen LogP contribution in [0, 0.1) is 17.6 Å². The number of benzene rings is 1. The van der Waals surface area contributed by atoms with Crippen molar-refractivity contribution in [2.24, 2.45) is 5.92 Å². The zero-order chi connectivity index (χ0) is 11.8. The van der Waals surface area contributed by atoms with Gasteiger partial charge in [-0.3, -0.25) is 0 Å². The first-order valence-corrected chi connectivity index (χ1v) is 6.45. The minimum atomic E-state index is -0.738. The largest absolute Gasteiger partial charge is 0.307 e. The van der Waals surface area contributed by atoms with Crippen molar-refractivity contribution in [3.05, 3.63) is 35.4 Å². The van der Waals surface area contributed by atoms with Gasteiger partial charge >= 0.3 is 0 Å². The van der Waals surface area contributed by atoms with Crippen LogP contribution in [0.25, 0.3) is 0 Å². The lowest BCUT2D eigenvalue weighted by atomic mass is 9.87. The first-order valence-electron chi connectivity index (χ1n) is 6.45. The molecule has 17 heavy (non-hydrogen) atoms. The van der Waals surface area contributed by atoms with E-state index in [1.165, 1.54) is 25.3 Å². The molecule has 1 aromatic rings. The topological polar surface area (TPSA) is 12.0 Å². The Labute approximate surface area is 100 Å². The zero-order valence-electron chi connectivity index (χ0n) is 9.76. The molecule has 2 aliphatic rings. The van der Waals surface area contributed by atoms with Crippen molar-refractivity contribution in [1.82, 2.24) is 5.32 Å². The van der Waals surface area contributed by atoms with Gasteiger partial charge in [0.1, 0.15) is 0 Å². The predicted molar refractivity (Wildman–Crippen MR) is 62.6 cm³/mol. The van der Waals surface area contributed by atoms with Gasteiger partial charge in [-0.2, -0.15) is 0 Å². The fourth-order valence-corrected chi connectivity index (χ4v) is 3.36. The first-order chi connectivity index (χ1) is 8.25. The molecule has 0 amide bonds. The van der Waals surface area contributed by atoms with Gasteiger partial charge in [0.2, 0.25) is 0 Å². The summed E-state index contributed by atoms with van der Waals surface area (Å²) in [7, 11) is 0. The van der Waals surface area contributed by atoms with Crippen molar-refractivity contribution >= 4 is 0 Å².